The lowest BCUT2D eigenvalue weighted by atomic mass is 9.98. The Morgan fingerprint density at radius 1 is 1.40 bits per heavy atom. The smallest absolute Gasteiger partial charge is 0.236 e. The van der Waals surface area contributed by atoms with Crippen molar-refractivity contribution in [3.8, 4) is 0 Å². The van der Waals surface area contributed by atoms with E-state index in [-0.39, 0.29) is 5.91 Å². The Labute approximate surface area is 124 Å². The number of hydrogen-bond acceptors (Lipinski definition) is 4. The largest absolute Gasteiger partial charge is 0.341 e. The van der Waals surface area contributed by atoms with Crippen molar-refractivity contribution in [3.05, 3.63) is 15.6 Å². The van der Waals surface area contributed by atoms with Gasteiger partial charge in [0, 0.05) is 23.9 Å². The predicted molar refractivity (Wildman–Crippen MR) is 81.2 cm³/mol. The van der Waals surface area contributed by atoms with Gasteiger partial charge in [0.25, 0.3) is 0 Å². The van der Waals surface area contributed by atoms with Crippen molar-refractivity contribution in [3.63, 3.8) is 0 Å². The maximum absolute atomic E-state index is 12.0. The Morgan fingerprint density at radius 3 is 3.05 bits per heavy atom. The second kappa shape index (κ2) is 6.22. The minimum atomic E-state index is 0.221. The van der Waals surface area contributed by atoms with Crippen molar-refractivity contribution in [1.82, 2.24) is 15.2 Å². The summed E-state index contributed by atoms with van der Waals surface area (Å²) in [5, 5.41) is 4.23. The highest BCUT2D eigenvalue weighted by molar-refractivity contribution is 7.11. The molecule has 0 spiro atoms. The summed E-state index contributed by atoms with van der Waals surface area (Å²) < 4.78 is 0. The maximum Gasteiger partial charge on any atom is 0.236 e. The van der Waals surface area contributed by atoms with Crippen LogP contribution < -0.4 is 5.32 Å². The third-order valence-corrected chi connectivity index (χ3v) is 5.63. The number of piperidine rings is 1. The molecular weight excluding hydrogens is 270 g/mol. The number of nitrogens with zero attached hydrogens (tertiary/aromatic N) is 2. The Kier molecular flexibility index (Phi) is 4.36. The van der Waals surface area contributed by atoms with E-state index in [1.165, 1.54) is 41.3 Å². The Balaban J connectivity index is 1.70. The van der Waals surface area contributed by atoms with Crippen molar-refractivity contribution >= 4 is 17.2 Å². The molecule has 20 heavy (non-hydrogen) atoms. The summed E-state index contributed by atoms with van der Waals surface area (Å²) in [6.07, 6.45) is 7.24. The molecule has 0 bridgehead atoms. The van der Waals surface area contributed by atoms with Gasteiger partial charge in [0.05, 0.1) is 17.2 Å². The minimum absolute atomic E-state index is 0.221. The molecule has 1 aromatic heterocycles. The van der Waals surface area contributed by atoms with Crippen LogP contribution in [0.25, 0.3) is 0 Å². The second-order valence-electron chi connectivity index (χ2n) is 5.84. The Morgan fingerprint density at radius 2 is 2.25 bits per heavy atom. The molecule has 1 aliphatic carbocycles. The molecule has 2 heterocycles. The summed E-state index contributed by atoms with van der Waals surface area (Å²) in [4.78, 5) is 20.4. The normalized spacial score (nSPS) is 22.6. The Hall–Kier alpha value is -0.940. The first kappa shape index (κ1) is 14.0. The molecule has 1 fully saturated rings. The molecule has 1 amide bonds. The number of hydrogen-bond donors (Lipinski definition) is 1. The number of amides is 1. The predicted octanol–water partition coefficient (Wildman–Crippen LogP) is 1.95. The lowest BCUT2D eigenvalue weighted by Gasteiger charge is -2.31. The zero-order valence-corrected chi connectivity index (χ0v) is 13.0. The molecule has 1 atom stereocenters. The van der Waals surface area contributed by atoms with Gasteiger partial charge in [0.2, 0.25) is 5.91 Å². The van der Waals surface area contributed by atoms with Crippen LogP contribution in [-0.2, 0) is 17.6 Å². The fourth-order valence-electron chi connectivity index (χ4n) is 3.21. The summed E-state index contributed by atoms with van der Waals surface area (Å²) in [6, 6.07) is 0. The SMILES string of the molecule is CNCC(=O)N1CCCC(c2nc3c(s2)CCCC3)C1. The summed E-state index contributed by atoms with van der Waals surface area (Å²) in [5.74, 6) is 0.679. The lowest BCUT2D eigenvalue weighted by Crippen LogP contribution is -2.42. The van der Waals surface area contributed by atoms with Gasteiger partial charge in [-0.3, -0.25) is 4.79 Å². The van der Waals surface area contributed by atoms with Crippen LogP contribution in [0.4, 0.5) is 0 Å². The summed E-state index contributed by atoms with van der Waals surface area (Å²) in [5.41, 5.74) is 1.34. The number of thiazole rings is 1. The molecular formula is C15H23N3OS. The van der Waals surface area contributed by atoms with Crippen LogP contribution in [0.15, 0.2) is 0 Å². The third kappa shape index (κ3) is 2.88. The number of likely N-dealkylation sites (tertiary alicyclic amines) is 1. The quantitative estimate of drug-likeness (QED) is 0.926. The number of fused-ring (bicyclic) bond motifs is 1. The monoisotopic (exact) mass is 293 g/mol. The number of nitrogens with one attached hydrogen (secondary N) is 1. The van der Waals surface area contributed by atoms with Crippen molar-refractivity contribution in [2.45, 2.75) is 44.4 Å². The molecule has 0 radical (unpaired) electrons. The van der Waals surface area contributed by atoms with Crippen LogP contribution in [0.5, 0.6) is 0 Å². The highest BCUT2D eigenvalue weighted by Gasteiger charge is 2.27. The molecule has 110 valence electrons. The van der Waals surface area contributed by atoms with Crippen molar-refractivity contribution in [1.29, 1.82) is 0 Å². The van der Waals surface area contributed by atoms with Gasteiger partial charge in [-0.05, 0) is 45.6 Å². The van der Waals surface area contributed by atoms with E-state index in [1.54, 1.807) is 0 Å². The topological polar surface area (TPSA) is 45.2 Å². The zero-order chi connectivity index (χ0) is 13.9. The van der Waals surface area contributed by atoms with E-state index >= 15 is 0 Å². The standard InChI is InChI=1S/C15H23N3OS/c1-16-9-14(19)18-8-4-5-11(10-18)15-17-12-6-2-3-7-13(12)20-15/h11,16H,2-10H2,1H3. The van der Waals surface area contributed by atoms with Crippen LogP contribution in [0, 0.1) is 0 Å². The second-order valence-corrected chi connectivity index (χ2v) is 6.95. The van der Waals surface area contributed by atoms with Gasteiger partial charge >= 0.3 is 0 Å². The van der Waals surface area contributed by atoms with Crippen LogP contribution in [0.1, 0.15) is 47.2 Å². The molecule has 4 nitrogen and oxygen atoms in total. The fraction of sp³-hybridized carbons (Fsp3) is 0.733. The lowest BCUT2D eigenvalue weighted by molar-refractivity contribution is -0.131. The van der Waals surface area contributed by atoms with Gasteiger partial charge in [-0.25, -0.2) is 4.98 Å². The molecule has 3 rings (SSSR count). The number of rotatable bonds is 3. The van der Waals surface area contributed by atoms with Crippen molar-refractivity contribution in [2.24, 2.45) is 0 Å². The van der Waals surface area contributed by atoms with Gasteiger partial charge < -0.3 is 10.2 Å². The molecule has 2 aliphatic rings. The molecule has 1 unspecified atom stereocenters. The van der Waals surface area contributed by atoms with Gasteiger partial charge in [-0.15, -0.1) is 11.3 Å². The first-order valence-corrected chi connectivity index (χ1v) is 8.50. The number of carbonyl (C=O) groups is 1. The van der Waals surface area contributed by atoms with E-state index in [2.05, 4.69) is 5.32 Å². The third-order valence-electron chi connectivity index (χ3n) is 4.31. The van der Waals surface area contributed by atoms with E-state index in [1.807, 2.05) is 23.3 Å². The molecule has 5 heteroatoms. The summed E-state index contributed by atoms with van der Waals surface area (Å²) >= 11 is 1.90. The number of aromatic nitrogens is 1. The maximum atomic E-state index is 12.0. The van der Waals surface area contributed by atoms with E-state index in [4.69, 9.17) is 4.98 Å². The zero-order valence-electron chi connectivity index (χ0n) is 12.2. The van der Waals surface area contributed by atoms with Gasteiger partial charge in [-0.2, -0.15) is 0 Å². The molecule has 1 aromatic rings. The Bertz CT molecular complexity index is 462. The molecule has 1 N–H and O–H groups in total. The van der Waals surface area contributed by atoms with Crippen LogP contribution in [0.3, 0.4) is 0 Å². The van der Waals surface area contributed by atoms with E-state index in [0.717, 1.165) is 25.9 Å². The highest BCUT2D eigenvalue weighted by atomic mass is 32.1. The molecule has 1 aliphatic heterocycles. The van der Waals surface area contributed by atoms with E-state index in [0.29, 0.717) is 12.5 Å². The van der Waals surface area contributed by atoms with Crippen LogP contribution >= 0.6 is 11.3 Å². The number of likely N-dealkylation sites (N-methyl/N-ethyl adjacent to an activating group) is 1. The number of aryl methyl sites for hydroxylation is 2. The van der Waals surface area contributed by atoms with Crippen LogP contribution in [-0.4, -0.2) is 42.5 Å². The molecule has 1 saturated heterocycles. The number of carbonyl (C=O) groups excluding carboxylic acids is 1. The molecule has 0 aromatic carbocycles. The van der Waals surface area contributed by atoms with E-state index < -0.39 is 0 Å². The van der Waals surface area contributed by atoms with Crippen molar-refractivity contribution in [2.75, 3.05) is 26.7 Å². The highest BCUT2D eigenvalue weighted by Crippen LogP contribution is 2.34. The average molecular weight is 293 g/mol. The van der Waals surface area contributed by atoms with Gasteiger partial charge in [-0.1, -0.05) is 0 Å². The fourth-order valence-corrected chi connectivity index (χ4v) is 4.49. The average Bonchev–Trinajstić information content (AvgIpc) is 2.91. The first-order chi connectivity index (χ1) is 9.78. The minimum Gasteiger partial charge on any atom is -0.341 e. The van der Waals surface area contributed by atoms with Gasteiger partial charge in [0.15, 0.2) is 0 Å². The summed E-state index contributed by atoms with van der Waals surface area (Å²) in [7, 11) is 1.83. The van der Waals surface area contributed by atoms with Crippen LogP contribution in [0.2, 0.25) is 0 Å². The van der Waals surface area contributed by atoms with Crippen molar-refractivity contribution < 1.29 is 4.79 Å². The van der Waals surface area contributed by atoms with Gasteiger partial charge in [0.1, 0.15) is 0 Å². The summed E-state index contributed by atoms with van der Waals surface area (Å²) in [6.45, 7) is 2.20. The van der Waals surface area contributed by atoms with E-state index in [9.17, 15) is 4.79 Å². The molecule has 0 saturated carbocycles. The first-order valence-electron chi connectivity index (χ1n) is 7.69.